The Morgan fingerprint density at radius 2 is 1.80 bits per heavy atom. The number of ether oxygens (including phenoxy) is 1. The molecule has 0 spiro atoms. The summed E-state index contributed by atoms with van der Waals surface area (Å²) in [6, 6.07) is 18.9. The Labute approximate surface area is 174 Å². The van der Waals surface area contributed by atoms with E-state index in [4.69, 9.17) is 4.74 Å². The van der Waals surface area contributed by atoms with Gasteiger partial charge in [0.05, 0.1) is 24.8 Å². The Kier molecular flexibility index (Phi) is 5.43. The highest BCUT2D eigenvalue weighted by molar-refractivity contribution is 5.83. The number of hydrogen-bond acceptors (Lipinski definition) is 5. The minimum atomic E-state index is -0.326. The number of nitrogens with one attached hydrogen (secondary N) is 1. The first-order valence-electron chi connectivity index (χ1n) is 9.77. The van der Waals surface area contributed by atoms with Gasteiger partial charge in [-0.3, -0.25) is 4.79 Å². The molecule has 0 aliphatic heterocycles. The summed E-state index contributed by atoms with van der Waals surface area (Å²) in [6.07, 6.45) is 1.63. The van der Waals surface area contributed by atoms with Gasteiger partial charge in [0.1, 0.15) is 12.1 Å². The van der Waals surface area contributed by atoms with Crippen molar-refractivity contribution in [1.29, 1.82) is 0 Å². The molecule has 1 amide bonds. The summed E-state index contributed by atoms with van der Waals surface area (Å²) in [4.78, 5) is 21.7. The molecule has 0 radical (unpaired) electrons. The van der Waals surface area contributed by atoms with E-state index in [1.54, 1.807) is 18.0 Å². The molecular weight excluding hydrogens is 378 g/mol. The van der Waals surface area contributed by atoms with Crippen molar-refractivity contribution in [3.8, 4) is 17.0 Å². The lowest BCUT2D eigenvalue weighted by molar-refractivity contribution is -0.122. The number of benzene rings is 2. The molecule has 152 valence electrons. The fraction of sp³-hybridized carbons (Fsp3) is 0.217. The molecule has 0 bridgehead atoms. The van der Waals surface area contributed by atoms with Crippen LogP contribution < -0.4 is 10.1 Å². The third-order valence-corrected chi connectivity index (χ3v) is 5.07. The second-order valence-corrected chi connectivity index (χ2v) is 7.14. The zero-order chi connectivity index (χ0) is 21.1. The Balaban J connectivity index is 1.52. The first kappa shape index (κ1) is 19.6. The number of fused-ring (bicyclic) bond motifs is 1. The summed E-state index contributed by atoms with van der Waals surface area (Å²) in [5.74, 6) is 1.01. The largest absolute Gasteiger partial charge is 0.497 e. The molecule has 7 heteroatoms. The molecule has 4 rings (SSSR count). The predicted octanol–water partition coefficient (Wildman–Crippen LogP) is 3.78. The van der Waals surface area contributed by atoms with Crippen LogP contribution in [0.3, 0.4) is 0 Å². The van der Waals surface area contributed by atoms with Crippen LogP contribution in [0.4, 0.5) is 0 Å². The number of hydrogen-bond donors (Lipinski definition) is 1. The van der Waals surface area contributed by atoms with E-state index in [-0.39, 0.29) is 17.9 Å². The number of amides is 1. The van der Waals surface area contributed by atoms with Gasteiger partial charge in [-0.25, -0.2) is 14.5 Å². The average Bonchev–Trinajstić information content (AvgIpc) is 3.23. The third kappa shape index (κ3) is 4.00. The molecule has 0 saturated carbocycles. The van der Waals surface area contributed by atoms with E-state index in [0.717, 1.165) is 22.6 Å². The molecule has 2 atom stereocenters. The minimum absolute atomic E-state index is 0.0652. The highest BCUT2D eigenvalue weighted by Crippen LogP contribution is 2.22. The van der Waals surface area contributed by atoms with Crippen molar-refractivity contribution in [3.05, 3.63) is 78.4 Å². The van der Waals surface area contributed by atoms with E-state index in [9.17, 15) is 4.79 Å². The van der Waals surface area contributed by atoms with Crippen molar-refractivity contribution >= 4 is 11.6 Å². The summed E-state index contributed by atoms with van der Waals surface area (Å²) in [5.41, 5.74) is 3.39. The number of rotatable bonds is 6. The molecule has 0 saturated heterocycles. The Bertz CT molecular complexity index is 1160. The first-order valence-corrected chi connectivity index (χ1v) is 9.77. The summed E-state index contributed by atoms with van der Waals surface area (Å²) in [5, 5.41) is 7.47. The number of methoxy groups -OCH3 is 1. The lowest BCUT2D eigenvalue weighted by atomic mass is 10.0. The van der Waals surface area contributed by atoms with Crippen LogP contribution in [0.2, 0.25) is 0 Å². The lowest BCUT2D eigenvalue weighted by Crippen LogP contribution is -2.31. The van der Waals surface area contributed by atoms with Crippen LogP contribution in [0.15, 0.2) is 67.0 Å². The van der Waals surface area contributed by atoms with E-state index in [1.807, 2.05) is 74.5 Å². The molecule has 2 heterocycles. The summed E-state index contributed by atoms with van der Waals surface area (Å²) >= 11 is 0. The molecule has 0 fully saturated rings. The Morgan fingerprint density at radius 1 is 1.07 bits per heavy atom. The number of nitrogens with zero attached hydrogens (tertiary/aromatic N) is 4. The van der Waals surface area contributed by atoms with E-state index in [2.05, 4.69) is 20.4 Å². The molecule has 30 heavy (non-hydrogen) atoms. The van der Waals surface area contributed by atoms with Gasteiger partial charge < -0.3 is 10.1 Å². The van der Waals surface area contributed by atoms with Gasteiger partial charge in [0, 0.05) is 11.6 Å². The molecule has 0 aliphatic carbocycles. The highest BCUT2D eigenvalue weighted by Gasteiger charge is 2.20. The molecule has 2 aromatic carbocycles. The zero-order valence-electron chi connectivity index (χ0n) is 17.1. The second kappa shape index (κ2) is 8.32. The topological polar surface area (TPSA) is 81.4 Å². The van der Waals surface area contributed by atoms with Crippen molar-refractivity contribution in [2.24, 2.45) is 0 Å². The molecule has 0 unspecified atom stereocenters. The molecular formula is C23H23N5O2. The average molecular weight is 401 g/mol. The van der Waals surface area contributed by atoms with Crippen LogP contribution in [0.25, 0.3) is 16.9 Å². The van der Waals surface area contributed by atoms with Crippen molar-refractivity contribution in [2.45, 2.75) is 25.8 Å². The highest BCUT2D eigenvalue weighted by atomic mass is 16.5. The van der Waals surface area contributed by atoms with Crippen LogP contribution >= 0.6 is 0 Å². The monoisotopic (exact) mass is 401 g/mol. The maximum Gasteiger partial charge on any atom is 0.227 e. The van der Waals surface area contributed by atoms with Gasteiger partial charge in [-0.15, -0.1) is 5.10 Å². The van der Waals surface area contributed by atoms with Gasteiger partial charge in [0.15, 0.2) is 11.5 Å². The summed E-state index contributed by atoms with van der Waals surface area (Å²) in [6.45, 7) is 3.77. The molecule has 7 nitrogen and oxygen atoms in total. The fourth-order valence-corrected chi connectivity index (χ4v) is 3.21. The normalized spacial score (nSPS) is 13.0. The van der Waals surface area contributed by atoms with Gasteiger partial charge in [-0.2, -0.15) is 0 Å². The van der Waals surface area contributed by atoms with Gasteiger partial charge in [0.25, 0.3) is 0 Å². The Morgan fingerprint density at radius 3 is 2.50 bits per heavy atom. The predicted molar refractivity (Wildman–Crippen MR) is 114 cm³/mol. The number of carbonyl (C=O) groups excluding carboxylic acids is 1. The smallest absolute Gasteiger partial charge is 0.227 e. The van der Waals surface area contributed by atoms with E-state index in [0.29, 0.717) is 11.5 Å². The van der Waals surface area contributed by atoms with Crippen LogP contribution in [0.1, 0.15) is 37.2 Å². The third-order valence-electron chi connectivity index (χ3n) is 5.07. The standard InChI is InChI=1S/C23H23N5O2/c1-15(17-7-5-4-6-8-17)23(29)25-16(2)22-26-21-13-20(24-14-28(21)27-22)18-9-11-19(30-3)12-10-18/h4-16H,1-3H3,(H,25,29)/t15-,16+/m1/s1. The van der Waals surface area contributed by atoms with Crippen molar-refractivity contribution < 1.29 is 9.53 Å². The summed E-state index contributed by atoms with van der Waals surface area (Å²) in [7, 11) is 1.64. The maximum atomic E-state index is 12.6. The van der Waals surface area contributed by atoms with Crippen molar-refractivity contribution in [3.63, 3.8) is 0 Å². The number of aromatic nitrogens is 4. The maximum absolute atomic E-state index is 12.6. The summed E-state index contributed by atoms with van der Waals surface area (Å²) < 4.78 is 6.82. The van der Waals surface area contributed by atoms with Gasteiger partial charge >= 0.3 is 0 Å². The molecule has 2 aromatic heterocycles. The van der Waals surface area contributed by atoms with Crippen molar-refractivity contribution in [2.75, 3.05) is 7.11 Å². The molecule has 1 N–H and O–H groups in total. The first-order chi connectivity index (χ1) is 14.5. The fourth-order valence-electron chi connectivity index (χ4n) is 3.21. The van der Waals surface area contributed by atoms with E-state index >= 15 is 0 Å². The van der Waals surface area contributed by atoms with Crippen molar-refractivity contribution in [1.82, 2.24) is 24.9 Å². The van der Waals surface area contributed by atoms with Gasteiger partial charge in [0.2, 0.25) is 5.91 Å². The van der Waals surface area contributed by atoms with Crippen LogP contribution in [0.5, 0.6) is 5.75 Å². The lowest BCUT2D eigenvalue weighted by Gasteiger charge is -2.15. The van der Waals surface area contributed by atoms with Gasteiger partial charge in [-0.1, -0.05) is 30.3 Å². The molecule has 0 aliphatic rings. The number of carbonyl (C=O) groups is 1. The molecule has 4 aromatic rings. The van der Waals surface area contributed by atoms with Crippen LogP contribution in [0, 0.1) is 0 Å². The SMILES string of the molecule is COc1ccc(-c2cc3nc([C@H](C)NC(=O)[C@H](C)c4ccccc4)nn3cn2)cc1. The van der Waals surface area contributed by atoms with Crippen LogP contribution in [-0.2, 0) is 4.79 Å². The van der Waals surface area contributed by atoms with E-state index < -0.39 is 0 Å². The van der Waals surface area contributed by atoms with Gasteiger partial charge in [-0.05, 0) is 43.7 Å². The Hall–Kier alpha value is -3.74. The second-order valence-electron chi connectivity index (χ2n) is 7.14. The van der Waals surface area contributed by atoms with E-state index in [1.165, 1.54) is 0 Å². The van der Waals surface area contributed by atoms with Crippen LogP contribution in [-0.4, -0.2) is 32.6 Å². The zero-order valence-corrected chi connectivity index (χ0v) is 17.1. The minimum Gasteiger partial charge on any atom is -0.497 e. The quantitative estimate of drug-likeness (QED) is 0.532.